The van der Waals surface area contributed by atoms with Gasteiger partial charge in [-0.05, 0) is 32.6 Å². The van der Waals surface area contributed by atoms with Gasteiger partial charge in [0, 0.05) is 50.9 Å². The van der Waals surface area contributed by atoms with Gasteiger partial charge in [-0.25, -0.2) is 0 Å². The standard InChI is InChI=1S/C26H40O9/c1-12(2)18-19-20(17-11-13(3)26(30)10-9-24(7,35-26)22(19)33-17)25(8,34-16(6)29)23(32-15(5)28)21(18)31-14(4)27/h12-13,17-23,30H,9-11H2,1-8H3/t13-,17-,18+,19+,20+,21-,22-,23-,24-,25-,26+/m0/s1. The molecule has 0 spiro atoms. The molecule has 3 aliphatic heterocycles. The summed E-state index contributed by atoms with van der Waals surface area (Å²) in [6.45, 7) is 13.7. The quantitative estimate of drug-likeness (QED) is 0.463. The predicted octanol–water partition coefficient (Wildman–Crippen LogP) is 2.75. The number of aliphatic hydroxyl groups is 1. The van der Waals surface area contributed by atoms with Crippen molar-refractivity contribution in [3.8, 4) is 0 Å². The van der Waals surface area contributed by atoms with Crippen molar-refractivity contribution in [1.29, 1.82) is 0 Å². The summed E-state index contributed by atoms with van der Waals surface area (Å²) in [4.78, 5) is 37.0. The number of hydrogen-bond acceptors (Lipinski definition) is 9. The monoisotopic (exact) mass is 496 g/mol. The molecule has 11 atom stereocenters. The Morgan fingerprint density at radius 2 is 1.63 bits per heavy atom. The summed E-state index contributed by atoms with van der Waals surface area (Å²) in [6.07, 6.45) is -1.09. The van der Waals surface area contributed by atoms with Crippen LogP contribution in [-0.2, 0) is 38.1 Å². The topological polar surface area (TPSA) is 118 Å². The molecule has 35 heavy (non-hydrogen) atoms. The molecular weight excluding hydrogens is 456 g/mol. The molecule has 9 heteroatoms. The van der Waals surface area contributed by atoms with Crippen LogP contribution in [0.4, 0.5) is 0 Å². The number of carbonyl (C=O) groups excluding carboxylic acids is 3. The lowest BCUT2D eigenvalue weighted by Gasteiger charge is -2.55. The zero-order valence-corrected chi connectivity index (χ0v) is 22.0. The first-order valence-corrected chi connectivity index (χ1v) is 12.7. The lowest BCUT2D eigenvalue weighted by molar-refractivity contribution is -0.285. The molecule has 1 saturated carbocycles. The van der Waals surface area contributed by atoms with Crippen molar-refractivity contribution >= 4 is 17.9 Å². The van der Waals surface area contributed by atoms with Crippen LogP contribution in [-0.4, -0.2) is 64.4 Å². The van der Waals surface area contributed by atoms with Gasteiger partial charge in [0.2, 0.25) is 0 Å². The lowest BCUT2D eigenvalue weighted by Crippen LogP contribution is -2.69. The van der Waals surface area contributed by atoms with Crippen molar-refractivity contribution in [2.45, 2.75) is 116 Å². The number of esters is 3. The largest absolute Gasteiger partial charge is 0.458 e. The average Bonchev–Trinajstić information content (AvgIpc) is 3.24. The summed E-state index contributed by atoms with van der Waals surface area (Å²) in [5.41, 5.74) is -2.10. The van der Waals surface area contributed by atoms with Crippen LogP contribution < -0.4 is 0 Å². The van der Waals surface area contributed by atoms with Crippen LogP contribution in [0.15, 0.2) is 0 Å². The fourth-order valence-corrected chi connectivity index (χ4v) is 7.65. The van der Waals surface area contributed by atoms with Crippen molar-refractivity contribution in [2.75, 3.05) is 0 Å². The third kappa shape index (κ3) is 4.17. The zero-order valence-electron chi connectivity index (χ0n) is 22.0. The molecule has 3 heterocycles. The number of hydrogen-bond donors (Lipinski definition) is 1. The smallest absolute Gasteiger partial charge is 0.303 e. The van der Waals surface area contributed by atoms with E-state index in [0.717, 1.165) is 0 Å². The van der Waals surface area contributed by atoms with Gasteiger partial charge >= 0.3 is 17.9 Å². The summed E-state index contributed by atoms with van der Waals surface area (Å²) < 4.78 is 30.9. The van der Waals surface area contributed by atoms with Crippen molar-refractivity contribution in [3.05, 3.63) is 0 Å². The summed E-state index contributed by atoms with van der Waals surface area (Å²) in [6, 6.07) is 0. The fraction of sp³-hybridized carbons (Fsp3) is 0.885. The van der Waals surface area contributed by atoms with Crippen LogP contribution in [0.1, 0.15) is 74.7 Å². The maximum Gasteiger partial charge on any atom is 0.303 e. The SMILES string of the molecule is CC(=O)O[C@H]1[C@H](C(C)C)[C@@H]2[C@@H]([C@@H]3C[C@H](C)[C@@]4(O)CC[C@](C)(O4)[C@H]2O3)[C@](C)(OC(C)=O)[C@H]1OC(C)=O. The van der Waals surface area contributed by atoms with Gasteiger partial charge in [-0.2, -0.15) is 0 Å². The van der Waals surface area contributed by atoms with Gasteiger partial charge in [0.25, 0.3) is 0 Å². The number of fused-ring (bicyclic) bond motifs is 8. The van der Waals surface area contributed by atoms with Crippen LogP contribution in [0.2, 0.25) is 0 Å². The van der Waals surface area contributed by atoms with Crippen molar-refractivity contribution in [3.63, 3.8) is 0 Å². The Labute approximate surface area is 207 Å². The van der Waals surface area contributed by atoms with E-state index >= 15 is 0 Å². The molecule has 4 rings (SSSR count). The van der Waals surface area contributed by atoms with Crippen LogP contribution in [0, 0.1) is 29.6 Å². The second kappa shape index (κ2) is 8.70. The van der Waals surface area contributed by atoms with E-state index in [4.69, 9.17) is 23.7 Å². The normalized spacial score (nSPS) is 48.5. The van der Waals surface area contributed by atoms with E-state index in [2.05, 4.69) is 0 Å². The first-order valence-electron chi connectivity index (χ1n) is 12.7. The number of carbonyl (C=O) groups is 3. The summed E-state index contributed by atoms with van der Waals surface area (Å²) in [7, 11) is 0. The van der Waals surface area contributed by atoms with E-state index in [1.807, 2.05) is 27.7 Å². The van der Waals surface area contributed by atoms with Gasteiger partial charge in [0.1, 0.15) is 6.10 Å². The molecule has 0 aromatic carbocycles. The highest BCUT2D eigenvalue weighted by molar-refractivity contribution is 5.69. The van der Waals surface area contributed by atoms with Gasteiger partial charge in [0.05, 0.1) is 17.8 Å². The maximum atomic E-state index is 12.4. The molecule has 3 saturated heterocycles. The van der Waals surface area contributed by atoms with E-state index < -0.39 is 53.2 Å². The Morgan fingerprint density at radius 1 is 1.00 bits per heavy atom. The maximum absolute atomic E-state index is 12.4. The molecule has 0 radical (unpaired) electrons. The second-order valence-electron chi connectivity index (χ2n) is 11.8. The van der Waals surface area contributed by atoms with Gasteiger partial charge in [-0.3, -0.25) is 14.4 Å². The predicted molar refractivity (Wildman–Crippen MR) is 123 cm³/mol. The minimum Gasteiger partial charge on any atom is -0.458 e. The molecular formula is C26H40O9. The Balaban J connectivity index is 1.93. The Kier molecular flexibility index (Phi) is 6.55. The molecule has 198 valence electrons. The van der Waals surface area contributed by atoms with Crippen LogP contribution in [0.3, 0.4) is 0 Å². The Morgan fingerprint density at radius 3 is 2.17 bits per heavy atom. The summed E-state index contributed by atoms with van der Waals surface area (Å²) in [5, 5.41) is 11.3. The third-order valence-electron chi connectivity index (χ3n) is 8.91. The van der Waals surface area contributed by atoms with Gasteiger partial charge < -0.3 is 28.8 Å². The van der Waals surface area contributed by atoms with Gasteiger partial charge in [-0.15, -0.1) is 0 Å². The fourth-order valence-electron chi connectivity index (χ4n) is 7.65. The first-order chi connectivity index (χ1) is 16.1. The number of rotatable bonds is 4. The lowest BCUT2D eigenvalue weighted by atomic mass is 9.55. The van der Waals surface area contributed by atoms with Crippen LogP contribution in [0.5, 0.6) is 0 Å². The molecule has 1 N–H and O–H groups in total. The Hall–Kier alpha value is -1.71. The average molecular weight is 497 g/mol. The molecule has 1 aliphatic carbocycles. The van der Waals surface area contributed by atoms with E-state index in [-0.39, 0.29) is 35.7 Å². The van der Waals surface area contributed by atoms with Crippen molar-refractivity contribution < 1.29 is 43.2 Å². The molecule has 4 bridgehead atoms. The molecule has 0 unspecified atom stereocenters. The van der Waals surface area contributed by atoms with Crippen molar-refractivity contribution in [2.24, 2.45) is 29.6 Å². The minimum atomic E-state index is -1.32. The molecule has 0 aromatic heterocycles. The van der Waals surface area contributed by atoms with E-state index in [0.29, 0.717) is 19.3 Å². The molecule has 4 fully saturated rings. The van der Waals surface area contributed by atoms with Gasteiger partial charge in [0.15, 0.2) is 17.5 Å². The summed E-state index contributed by atoms with van der Waals surface area (Å²) in [5.74, 6) is -3.95. The van der Waals surface area contributed by atoms with Crippen molar-refractivity contribution in [1.82, 2.24) is 0 Å². The molecule has 0 aromatic rings. The van der Waals surface area contributed by atoms with Crippen LogP contribution >= 0.6 is 0 Å². The highest BCUT2D eigenvalue weighted by atomic mass is 16.7. The molecule has 4 aliphatic rings. The van der Waals surface area contributed by atoms with E-state index in [1.54, 1.807) is 6.92 Å². The highest BCUT2D eigenvalue weighted by Crippen LogP contribution is 2.62. The molecule has 0 amide bonds. The second-order valence-corrected chi connectivity index (χ2v) is 11.8. The van der Waals surface area contributed by atoms with E-state index in [9.17, 15) is 19.5 Å². The zero-order chi connectivity index (χ0) is 26.1. The third-order valence-corrected chi connectivity index (χ3v) is 8.91. The van der Waals surface area contributed by atoms with E-state index in [1.165, 1.54) is 20.8 Å². The minimum absolute atomic E-state index is 0.0127. The first kappa shape index (κ1) is 26.4. The Bertz CT molecular complexity index is 888. The summed E-state index contributed by atoms with van der Waals surface area (Å²) >= 11 is 0. The van der Waals surface area contributed by atoms with Crippen LogP contribution in [0.25, 0.3) is 0 Å². The highest BCUT2D eigenvalue weighted by Gasteiger charge is 2.73. The number of ether oxygens (including phenoxy) is 5. The molecule has 9 nitrogen and oxygen atoms in total. The van der Waals surface area contributed by atoms with Gasteiger partial charge in [-0.1, -0.05) is 20.8 Å².